The predicted molar refractivity (Wildman–Crippen MR) is 111 cm³/mol. The summed E-state index contributed by atoms with van der Waals surface area (Å²) in [5.74, 6) is -0.749. The monoisotopic (exact) mass is 395 g/mol. The first kappa shape index (κ1) is 21.1. The third kappa shape index (κ3) is 5.24. The summed E-state index contributed by atoms with van der Waals surface area (Å²) in [6.45, 7) is 3.47. The van der Waals surface area contributed by atoms with E-state index < -0.39 is 11.3 Å². The summed E-state index contributed by atoms with van der Waals surface area (Å²) in [7, 11) is 0. The highest BCUT2D eigenvalue weighted by Crippen LogP contribution is 2.35. The molecule has 1 N–H and O–H groups in total. The summed E-state index contributed by atoms with van der Waals surface area (Å²) < 4.78 is 10.8. The second-order valence-electron chi connectivity index (χ2n) is 7.41. The van der Waals surface area contributed by atoms with Gasteiger partial charge in [-0.1, -0.05) is 60.7 Å². The number of carbonyl (C=O) groups is 2. The van der Waals surface area contributed by atoms with E-state index in [0.717, 1.165) is 11.1 Å². The number of hydrogen-bond donors (Lipinski definition) is 1. The summed E-state index contributed by atoms with van der Waals surface area (Å²) in [6, 6.07) is 19.7. The van der Waals surface area contributed by atoms with Crippen molar-refractivity contribution in [3.63, 3.8) is 0 Å². The van der Waals surface area contributed by atoms with Crippen LogP contribution in [0.4, 0.5) is 0 Å². The lowest BCUT2D eigenvalue weighted by Crippen LogP contribution is -2.49. The molecule has 1 fully saturated rings. The van der Waals surface area contributed by atoms with Gasteiger partial charge in [0.25, 0.3) is 0 Å². The molecule has 1 atom stereocenters. The van der Waals surface area contributed by atoms with Crippen molar-refractivity contribution in [3.05, 3.63) is 71.8 Å². The normalized spacial score (nSPS) is 16.6. The quantitative estimate of drug-likeness (QED) is 0.697. The van der Waals surface area contributed by atoms with Gasteiger partial charge in [0, 0.05) is 19.8 Å². The van der Waals surface area contributed by atoms with Gasteiger partial charge in [-0.2, -0.15) is 0 Å². The number of benzene rings is 2. The van der Waals surface area contributed by atoms with Gasteiger partial charge in [0.05, 0.1) is 17.9 Å². The molecular weight excluding hydrogens is 366 g/mol. The molecule has 29 heavy (non-hydrogen) atoms. The minimum atomic E-state index is -0.620. The van der Waals surface area contributed by atoms with Crippen molar-refractivity contribution < 1.29 is 19.1 Å². The molecule has 0 radical (unpaired) electrons. The Morgan fingerprint density at radius 2 is 1.66 bits per heavy atom. The Morgan fingerprint density at radius 3 is 2.28 bits per heavy atom. The zero-order chi connectivity index (χ0) is 20.5. The maximum atomic E-state index is 13.3. The van der Waals surface area contributed by atoms with Crippen molar-refractivity contribution in [2.24, 2.45) is 5.92 Å². The highest BCUT2D eigenvalue weighted by molar-refractivity contribution is 5.88. The van der Waals surface area contributed by atoms with E-state index in [-0.39, 0.29) is 18.4 Å². The minimum absolute atomic E-state index is 0.0469. The van der Waals surface area contributed by atoms with E-state index in [1.807, 2.05) is 60.7 Å². The van der Waals surface area contributed by atoms with Crippen LogP contribution in [0.25, 0.3) is 0 Å². The number of amides is 1. The zero-order valence-electron chi connectivity index (χ0n) is 16.9. The molecule has 0 aromatic heterocycles. The minimum Gasteiger partial charge on any atom is -0.466 e. The van der Waals surface area contributed by atoms with Gasteiger partial charge in [0.15, 0.2) is 0 Å². The Labute approximate surface area is 172 Å². The number of ether oxygens (including phenoxy) is 2. The first-order valence-electron chi connectivity index (χ1n) is 10.3. The lowest BCUT2D eigenvalue weighted by atomic mass is 9.73. The van der Waals surface area contributed by atoms with Crippen LogP contribution < -0.4 is 5.32 Å². The van der Waals surface area contributed by atoms with E-state index in [2.05, 4.69) is 5.32 Å². The molecule has 0 spiro atoms. The Morgan fingerprint density at radius 1 is 1.03 bits per heavy atom. The largest absolute Gasteiger partial charge is 0.466 e. The molecule has 3 rings (SSSR count). The zero-order valence-corrected chi connectivity index (χ0v) is 16.9. The Hall–Kier alpha value is -2.66. The predicted octanol–water partition coefficient (Wildman–Crippen LogP) is 3.27. The van der Waals surface area contributed by atoms with Crippen LogP contribution in [0.5, 0.6) is 0 Å². The number of nitrogens with one attached hydrogen (secondary N) is 1. The van der Waals surface area contributed by atoms with Gasteiger partial charge in [0.1, 0.15) is 0 Å². The molecule has 5 nitrogen and oxygen atoms in total. The molecule has 2 aromatic carbocycles. The first-order chi connectivity index (χ1) is 14.2. The van der Waals surface area contributed by atoms with Crippen LogP contribution in [-0.4, -0.2) is 38.2 Å². The van der Waals surface area contributed by atoms with Crippen LogP contribution in [0.1, 0.15) is 30.9 Å². The van der Waals surface area contributed by atoms with Crippen molar-refractivity contribution in [3.8, 4) is 0 Å². The standard InChI is InChI=1S/C24H29NO4/c1-2-29-22(26)20(17-19-9-5-3-6-10-19)18-25-23(27)24(13-15-28-16-14-24)21-11-7-4-8-12-21/h3-12,20H,2,13-18H2,1H3,(H,25,27). The molecule has 1 heterocycles. The molecule has 1 amide bonds. The van der Waals surface area contributed by atoms with Gasteiger partial charge >= 0.3 is 5.97 Å². The fourth-order valence-electron chi connectivity index (χ4n) is 3.91. The SMILES string of the molecule is CCOC(=O)C(CNC(=O)C1(c2ccccc2)CCOCC1)Cc1ccccc1. The lowest BCUT2D eigenvalue weighted by Gasteiger charge is -2.36. The van der Waals surface area contributed by atoms with Crippen LogP contribution in [-0.2, 0) is 30.9 Å². The molecular formula is C24H29NO4. The Kier molecular flexibility index (Phi) is 7.42. The van der Waals surface area contributed by atoms with Crippen molar-refractivity contribution in [2.45, 2.75) is 31.6 Å². The summed E-state index contributed by atoms with van der Waals surface area (Å²) in [6.07, 6.45) is 1.79. The van der Waals surface area contributed by atoms with Gasteiger partial charge < -0.3 is 14.8 Å². The van der Waals surface area contributed by atoms with Crippen molar-refractivity contribution in [1.29, 1.82) is 0 Å². The van der Waals surface area contributed by atoms with E-state index in [9.17, 15) is 9.59 Å². The van der Waals surface area contributed by atoms with Crippen molar-refractivity contribution in [2.75, 3.05) is 26.4 Å². The summed E-state index contributed by atoms with van der Waals surface area (Å²) >= 11 is 0. The van der Waals surface area contributed by atoms with Gasteiger partial charge in [-0.25, -0.2) is 0 Å². The van der Waals surface area contributed by atoms with Gasteiger partial charge in [0.2, 0.25) is 5.91 Å². The van der Waals surface area contributed by atoms with Crippen LogP contribution >= 0.6 is 0 Å². The van der Waals surface area contributed by atoms with Crippen LogP contribution in [0.3, 0.4) is 0 Å². The lowest BCUT2D eigenvalue weighted by molar-refractivity contribution is -0.148. The number of esters is 1. The molecule has 1 aliphatic heterocycles. The average Bonchev–Trinajstić information content (AvgIpc) is 2.78. The van der Waals surface area contributed by atoms with E-state index in [1.54, 1.807) is 6.92 Å². The average molecular weight is 395 g/mol. The number of rotatable bonds is 8. The molecule has 2 aromatic rings. The Balaban J connectivity index is 1.74. The second-order valence-corrected chi connectivity index (χ2v) is 7.41. The first-order valence-corrected chi connectivity index (χ1v) is 10.3. The summed E-state index contributed by atoms with van der Waals surface area (Å²) in [4.78, 5) is 25.8. The number of carbonyl (C=O) groups excluding carboxylic acids is 2. The van der Waals surface area contributed by atoms with Gasteiger partial charge in [-0.05, 0) is 37.3 Å². The van der Waals surface area contributed by atoms with Crippen molar-refractivity contribution in [1.82, 2.24) is 5.32 Å². The fourth-order valence-corrected chi connectivity index (χ4v) is 3.91. The highest BCUT2D eigenvalue weighted by atomic mass is 16.5. The van der Waals surface area contributed by atoms with Crippen LogP contribution in [0.2, 0.25) is 0 Å². The van der Waals surface area contributed by atoms with E-state index in [1.165, 1.54) is 0 Å². The van der Waals surface area contributed by atoms with E-state index in [0.29, 0.717) is 39.1 Å². The molecule has 0 saturated carbocycles. The van der Waals surface area contributed by atoms with E-state index in [4.69, 9.17) is 9.47 Å². The third-order valence-corrected chi connectivity index (χ3v) is 5.56. The van der Waals surface area contributed by atoms with Gasteiger partial charge in [-0.3, -0.25) is 9.59 Å². The van der Waals surface area contributed by atoms with E-state index >= 15 is 0 Å². The van der Waals surface area contributed by atoms with Crippen LogP contribution in [0.15, 0.2) is 60.7 Å². The molecule has 1 aliphatic rings. The summed E-state index contributed by atoms with van der Waals surface area (Å²) in [5.41, 5.74) is 1.42. The third-order valence-electron chi connectivity index (χ3n) is 5.56. The summed E-state index contributed by atoms with van der Waals surface area (Å²) in [5, 5.41) is 3.06. The molecule has 5 heteroatoms. The second kappa shape index (κ2) is 10.2. The molecule has 154 valence electrons. The maximum Gasteiger partial charge on any atom is 0.311 e. The van der Waals surface area contributed by atoms with Crippen LogP contribution in [0, 0.1) is 5.92 Å². The highest BCUT2D eigenvalue weighted by Gasteiger charge is 2.41. The fraction of sp³-hybridized carbons (Fsp3) is 0.417. The Bertz CT molecular complexity index is 785. The molecule has 0 bridgehead atoms. The number of hydrogen-bond acceptors (Lipinski definition) is 4. The smallest absolute Gasteiger partial charge is 0.311 e. The molecule has 1 unspecified atom stereocenters. The topological polar surface area (TPSA) is 64.6 Å². The molecule has 0 aliphatic carbocycles. The maximum absolute atomic E-state index is 13.3. The molecule has 1 saturated heterocycles. The van der Waals surface area contributed by atoms with Gasteiger partial charge in [-0.15, -0.1) is 0 Å². The van der Waals surface area contributed by atoms with Crippen molar-refractivity contribution >= 4 is 11.9 Å².